The van der Waals surface area contributed by atoms with Crippen molar-refractivity contribution < 1.29 is 14.6 Å². The standard InChI is InChI=1S/C19H21FN6O2/c1-12(20)9-21-8-7-16-24-18(17-19(25-16)26(2)11-23-17)22-10-15(28)13-3-5-14(27)6-4-13/h3-6,8-9,11,15,27-28H,7,10H2,1-2H3,(H,22,24,25)/b12-9+,21-8-. The largest absolute Gasteiger partial charge is 0.508 e. The summed E-state index contributed by atoms with van der Waals surface area (Å²) >= 11 is 0. The van der Waals surface area contributed by atoms with Gasteiger partial charge in [0.25, 0.3) is 0 Å². The maximum absolute atomic E-state index is 12.7. The number of nitrogens with one attached hydrogen (secondary N) is 1. The molecule has 0 fully saturated rings. The number of aliphatic hydroxyl groups is 1. The predicted molar refractivity (Wildman–Crippen MR) is 105 cm³/mol. The minimum absolute atomic E-state index is 0.138. The van der Waals surface area contributed by atoms with E-state index >= 15 is 0 Å². The zero-order valence-electron chi connectivity index (χ0n) is 15.5. The van der Waals surface area contributed by atoms with Crippen LogP contribution in [0.1, 0.15) is 24.4 Å². The number of imidazole rings is 1. The Balaban J connectivity index is 1.79. The van der Waals surface area contributed by atoms with Crippen molar-refractivity contribution in [3.63, 3.8) is 0 Å². The average Bonchev–Trinajstić information content (AvgIpc) is 3.04. The predicted octanol–water partition coefficient (Wildman–Crippen LogP) is 2.66. The van der Waals surface area contributed by atoms with E-state index in [-0.39, 0.29) is 18.1 Å². The fourth-order valence-corrected chi connectivity index (χ4v) is 2.56. The number of phenols is 1. The van der Waals surface area contributed by atoms with E-state index in [2.05, 4.69) is 25.3 Å². The van der Waals surface area contributed by atoms with Crippen molar-refractivity contribution in [2.24, 2.45) is 12.0 Å². The third kappa shape index (κ3) is 4.68. The van der Waals surface area contributed by atoms with Crippen LogP contribution in [-0.2, 0) is 13.5 Å². The highest BCUT2D eigenvalue weighted by Crippen LogP contribution is 2.21. The molecule has 8 nitrogen and oxygen atoms in total. The molecular weight excluding hydrogens is 363 g/mol. The van der Waals surface area contributed by atoms with Gasteiger partial charge in [0, 0.05) is 26.2 Å². The summed E-state index contributed by atoms with van der Waals surface area (Å²) in [5.74, 6) is 0.735. The van der Waals surface area contributed by atoms with Gasteiger partial charge >= 0.3 is 0 Å². The molecule has 1 unspecified atom stereocenters. The molecule has 3 rings (SSSR count). The van der Waals surface area contributed by atoms with Crippen LogP contribution in [0.5, 0.6) is 5.75 Å². The van der Waals surface area contributed by atoms with Crippen LogP contribution in [0.2, 0.25) is 0 Å². The minimum atomic E-state index is -0.794. The molecule has 0 aliphatic rings. The third-order valence-electron chi connectivity index (χ3n) is 3.98. The molecule has 2 heterocycles. The number of rotatable bonds is 7. The number of hydrogen-bond donors (Lipinski definition) is 3. The Hall–Kier alpha value is -3.33. The van der Waals surface area contributed by atoms with E-state index in [1.54, 1.807) is 23.0 Å². The maximum atomic E-state index is 12.7. The van der Waals surface area contributed by atoms with E-state index < -0.39 is 6.10 Å². The zero-order valence-corrected chi connectivity index (χ0v) is 15.5. The summed E-state index contributed by atoms with van der Waals surface area (Å²) < 4.78 is 14.5. The van der Waals surface area contributed by atoms with Gasteiger partial charge in [0.2, 0.25) is 0 Å². The second kappa shape index (κ2) is 8.57. The number of aliphatic imine (C=N–C) groups is 1. The first-order valence-corrected chi connectivity index (χ1v) is 8.66. The number of hydrogen-bond acceptors (Lipinski definition) is 7. The lowest BCUT2D eigenvalue weighted by molar-refractivity contribution is 0.191. The topological polar surface area (TPSA) is 108 Å². The first kappa shape index (κ1) is 19.4. The Morgan fingerprint density at radius 2 is 2.07 bits per heavy atom. The second-order valence-corrected chi connectivity index (χ2v) is 6.26. The van der Waals surface area contributed by atoms with Gasteiger partial charge in [-0.25, -0.2) is 19.3 Å². The maximum Gasteiger partial charge on any atom is 0.165 e. The van der Waals surface area contributed by atoms with Crippen LogP contribution >= 0.6 is 0 Å². The summed E-state index contributed by atoms with van der Waals surface area (Å²) in [5.41, 5.74) is 1.88. The van der Waals surface area contributed by atoms with Crippen molar-refractivity contribution in [2.45, 2.75) is 19.4 Å². The van der Waals surface area contributed by atoms with E-state index in [0.29, 0.717) is 34.8 Å². The Bertz CT molecular complexity index is 1010. The van der Waals surface area contributed by atoms with Crippen LogP contribution in [-0.4, -0.2) is 42.5 Å². The highest BCUT2D eigenvalue weighted by molar-refractivity contribution is 5.83. The first-order chi connectivity index (χ1) is 13.4. The molecule has 0 amide bonds. The lowest BCUT2D eigenvalue weighted by atomic mass is 10.1. The number of anilines is 1. The highest BCUT2D eigenvalue weighted by Gasteiger charge is 2.14. The molecule has 1 atom stereocenters. The smallest absolute Gasteiger partial charge is 0.165 e. The number of aryl methyl sites for hydroxylation is 1. The molecule has 0 saturated carbocycles. The summed E-state index contributed by atoms with van der Waals surface area (Å²) in [6, 6.07) is 6.34. The minimum Gasteiger partial charge on any atom is -0.508 e. The molecule has 0 bridgehead atoms. The van der Waals surface area contributed by atoms with Gasteiger partial charge in [0.15, 0.2) is 11.5 Å². The van der Waals surface area contributed by atoms with E-state index in [1.165, 1.54) is 25.3 Å². The van der Waals surface area contributed by atoms with Gasteiger partial charge in [-0.1, -0.05) is 12.1 Å². The van der Waals surface area contributed by atoms with Gasteiger partial charge < -0.3 is 20.1 Å². The summed E-state index contributed by atoms with van der Waals surface area (Å²) in [5, 5.41) is 22.8. The number of phenolic OH excluding ortho intramolecular Hbond substituents is 1. The monoisotopic (exact) mass is 384 g/mol. The summed E-state index contributed by atoms with van der Waals surface area (Å²) in [4.78, 5) is 17.1. The van der Waals surface area contributed by atoms with Gasteiger partial charge in [0.1, 0.15) is 22.9 Å². The molecule has 2 aromatic heterocycles. The number of aromatic nitrogens is 4. The average molecular weight is 384 g/mol. The van der Waals surface area contributed by atoms with E-state index in [1.807, 2.05) is 7.05 Å². The van der Waals surface area contributed by atoms with Crippen LogP contribution in [0, 0.1) is 0 Å². The fourth-order valence-electron chi connectivity index (χ4n) is 2.56. The Labute approximate surface area is 161 Å². The summed E-state index contributed by atoms with van der Waals surface area (Å²) in [6.45, 7) is 1.52. The lowest BCUT2D eigenvalue weighted by Gasteiger charge is -2.13. The molecule has 0 radical (unpaired) electrons. The second-order valence-electron chi connectivity index (χ2n) is 6.26. The Morgan fingerprint density at radius 1 is 1.32 bits per heavy atom. The number of aliphatic hydroxyl groups excluding tert-OH is 1. The zero-order chi connectivity index (χ0) is 20.1. The van der Waals surface area contributed by atoms with Gasteiger partial charge in [-0.15, -0.1) is 0 Å². The molecular formula is C19H21FN6O2. The van der Waals surface area contributed by atoms with Crippen molar-refractivity contribution >= 4 is 23.2 Å². The van der Waals surface area contributed by atoms with Crippen molar-refractivity contribution in [3.05, 3.63) is 54.0 Å². The van der Waals surface area contributed by atoms with Crippen molar-refractivity contribution in [1.29, 1.82) is 0 Å². The number of nitrogens with zero attached hydrogens (tertiary/aromatic N) is 5. The van der Waals surface area contributed by atoms with Crippen LogP contribution in [0.15, 0.2) is 47.6 Å². The molecule has 3 aromatic rings. The molecule has 28 heavy (non-hydrogen) atoms. The van der Waals surface area contributed by atoms with Gasteiger partial charge in [-0.05, 0) is 24.6 Å². The van der Waals surface area contributed by atoms with Crippen molar-refractivity contribution in [3.8, 4) is 5.75 Å². The van der Waals surface area contributed by atoms with Gasteiger partial charge in [-0.3, -0.25) is 4.99 Å². The summed E-state index contributed by atoms with van der Waals surface area (Å²) in [7, 11) is 1.82. The fraction of sp³-hybridized carbons (Fsp3) is 0.263. The van der Waals surface area contributed by atoms with Crippen molar-refractivity contribution in [2.75, 3.05) is 11.9 Å². The van der Waals surface area contributed by atoms with Gasteiger partial charge in [-0.2, -0.15) is 0 Å². The molecule has 0 saturated heterocycles. The highest BCUT2D eigenvalue weighted by atomic mass is 19.1. The molecule has 0 aliphatic carbocycles. The Morgan fingerprint density at radius 3 is 2.79 bits per heavy atom. The molecule has 146 valence electrons. The number of halogens is 1. The van der Waals surface area contributed by atoms with Crippen molar-refractivity contribution in [1.82, 2.24) is 19.5 Å². The van der Waals surface area contributed by atoms with E-state index in [0.717, 1.165) is 6.20 Å². The SMILES string of the molecule is C/C(F)=C\N=C/Cc1nc(NCC(O)c2ccc(O)cc2)c2ncn(C)c2n1. The number of allylic oxidation sites excluding steroid dienone is 1. The third-order valence-corrected chi connectivity index (χ3v) is 3.98. The number of aromatic hydroxyl groups is 1. The van der Waals surface area contributed by atoms with E-state index in [9.17, 15) is 14.6 Å². The van der Waals surface area contributed by atoms with Gasteiger partial charge in [0.05, 0.1) is 18.6 Å². The molecule has 9 heteroatoms. The first-order valence-electron chi connectivity index (χ1n) is 8.66. The van der Waals surface area contributed by atoms with Crippen LogP contribution in [0.4, 0.5) is 10.2 Å². The summed E-state index contributed by atoms with van der Waals surface area (Å²) in [6.07, 6.45) is 3.80. The van der Waals surface area contributed by atoms with E-state index in [4.69, 9.17) is 0 Å². The molecule has 1 aromatic carbocycles. The quantitative estimate of drug-likeness (QED) is 0.541. The molecule has 0 aliphatic heterocycles. The Kier molecular flexibility index (Phi) is 5.95. The number of benzene rings is 1. The van der Waals surface area contributed by atoms with Crippen LogP contribution < -0.4 is 5.32 Å². The lowest BCUT2D eigenvalue weighted by Crippen LogP contribution is -2.14. The number of fused-ring (bicyclic) bond motifs is 1. The van der Waals surface area contributed by atoms with Crippen LogP contribution in [0.25, 0.3) is 11.2 Å². The normalized spacial score (nSPS) is 13.4. The van der Waals surface area contributed by atoms with Crippen LogP contribution in [0.3, 0.4) is 0 Å². The molecule has 0 spiro atoms. The molecule has 3 N–H and O–H groups in total.